The molecule has 0 aliphatic carbocycles. The summed E-state index contributed by atoms with van der Waals surface area (Å²) in [6.07, 6.45) is -4.51. The molecule has 158 valence electrons. The highest BCUT2D eigenvalue weighted by molar-refractivity contribution is 7.60. The average Bonchev–Trinajstić information content (AvgIpc) is 2.33. The lowest BCUT2D eigenvalue weighted by atomic mass is 10.5. The van der Waals surface area contributed by atoms with Gasteiger partial charge in [0.05, 0.1) is 24.4 Å². The molecular weight excluding hydrogens is 402 g/mol. The van der Waals surface area contributed by atoms with Crippen LogP contribution in [-0.4, -0.2) is 35.7 Å². The minimum Gasteiger partial charge on any atom is -0.301 e. The molecule has 0 heterocycles. The van der Waals surface area contributed by atoms with Gasteiger partial charge in [0.1, 0.15) is 0 Å². The lowest BCUT2D eigenvalue weighted by Crippen LogP contribution is -2.43. The maximum Gasteiger partial charge on any atom is 0.419 e. The Kier molecular flexibility index (Phi) is 9.02. The fourth-order valence-electron chi connectivity index (χ4n) is 1.75. The monoisotopic (exact) mass is 430 g/mol. The van der Waals surface area contributed by atoms with E-state index in [0.717, 1.165) is 0 Å². The van der Waals surface area contributed by atoms with E-state index in [-0.39, 0.29) is 0 Å². The smallest absolute Gasteiger partial charge is 0.301 e. The van der Waals surface area contributed by atoms with E-state index in [0.29, 0.717) is 0 Å². The average molecular weight is 430 g/mol. The van der Waals surface area contributed by atoms with Gasteiger partial charge in [0, 0.05) is 0 Å². The molecule has 0 spiro atoms. The molecule has 0 rings (SSSR count). The summed E-state index contributed by atoms with van der Waals surface area (Å²) in [6, 6.07) is 0. The van der Waals surface area contributed by atoms with Crippen molar-refractivity contribution in [3.8, 4) is 0 Å². The van der Waals surface area contributed by atoms with Crippen molar-refractivity contribution < 1.29 is 44.8 Å². The van der Waals surface area contributed by atoms with Gasteiger partial charge in [-0.05, 0) is 55.4 Å². The Labute approximate surface area is 152 Å². The molecule has 0 aromatic carbocycles. The standard InChI is InChI=1S/C14H28F4O6P2/c1-9(2)21-25(19,22-10(3)4)13(15,16)14(17,18)26(20,23-11(5)6)24-12(7)8/h9-12H,1-8H3. The van der Waals surface area contributed by atoms with Crippen LogP contribution in [0.1, 0.15) is 55.4 Å². The lowest BCUT2D eigenvalue weighted by molar-refractivity contribution is -0.137. The molecule has 6 nitrogen and oxygen atoms in total. The third-order valence-electron chi connectivity index (χ3n) is 2.45. The molecule has 0 aliphatic rings. The largest absolute Gasteiger partial charge is 0.419 e. The van der Waals surface area contributed by atoms with E-state index in [2.05, 4.69) is 18.1 Å². The first-order chi connectivity index (χ1) is 11.4. The summed E-state index contributed by atoms with van der Waals surface area (Å²) in [5, 5.41) is 0. The molecule has 0 radical (unpaired) electrons. The van der Waals surface area contributed by atoms with Gasteiger partial charge in [-0.25, -0.2) is 0 Å². The summed E-state index contributed by atoms with van der Waals surface area (Å²) in [7, 11) is -11.5. The van der Waals surface area contributed by atoms with Crippen molar-refractivity contribution in [2.75, 3.05) is 0 Å². The van der Waals surface area contributed by atoms with E-state index in [1.54, 1.807) is 0 Å². The first-order valence-electron chi connectivity index (χ1n) is 8.11. The summed E-state index contributed by atoms with van der Waals surface area (Å²) in [5.41, 5.74) is -10.9. The Morgan fingerprint density at radius 1 is 0.538 bits per heavy atom. The molecule has 0 saturated carbocycles. The van der Waals surface area contributed by atoms with Gasteiger partial charge in [-0.3, -0.25) is 9.13 Å². The van der Waals surface area contributed by atoms with E-state index in [9.17, 15) is 26.7 Å². The van der Waals surface area contributed by atoms with Crippen LogP contribution in [0.5, 0.6) is 0 Å². The fourth-order valence-corrected chi connectivity index (χ4v) is 6.00. The Balaban J connectivity index is 6.35. The molecule has 26 heavy (non-hydrogen) atoms. The molecule has 0 aliphatic heterocycles. The zero-order valence-electron chi connectivity index (χ0n) is 16.2. The third-order valence-corrected chi connectivity index (χ3v) is 7.36. The van der Waals surface area contributed by atoms with Crippen LogP contribution < -0.4 is 0 Å². The summed E-state index contributed by atoms with van der Waals surface area (Å²) < 4.78 is 103. The van der Waals surface area contributed by atoms with Crippen LogP contribution in [0, 0.1) is 0 Å². The van der Waals surface area contributed by atoms with Crippen molar-refractivity contribution in [1.29, 1.82) is 0 Å². The van der Waals surface area contributed by atoms with Crippen LogP contribution in [0.2, 0.25) is 0 Å². The number of hydrogen-bond acceptors (Lipinski definition) is 6. The highest BCUT2D eigenvalue weighted by atomic mass is 31.2. The van der Waals surface area contributed by atoms with E-state index >= 15 is 0 Å². The molecule has 0 bridgehead atoms. The molecule has 0 fully saturated rings. The predicted molar refractivity (Wildman–Crippen MR) is 90.0 cm³/mol. The van der Waals surface area contributed by atoms with Crippen LogP contribution in [0.4, 0.5) is 17.6 Å². The molecule has 0 N–H and O–H groups in total. The van der Waals surface area contributed by atoms with Crippen LogP contribution in [0.15, 0.2) is 0 Å². The van der Waals surface area contributed by atoms with Crippen LogP contribution in [0.3, 0.4) is 0 Å². The van der Waals surface area contributed by atoms with Crippen molar-refractivity contribution >= 4 is 15.2 Å². The topological polar surface area (TPSA) is 71.1 Å². The van der Waals surface area contributed by atoms with Crippen molar-refractivity contribution in [3.63, 3.8) is 0 Å². The maximum absolute atomic E-state index is 14.8. The van der Waals surface area contributed by atoms with E-state index < -0.39 is 50.9 Å². The second-order valence-corrected chi connectivity index (χ2v) is 10.7. The summed E-state index contributed by atoms with van der Waals surface area (Å²) >= 11 is 0. The third kappa shape index (κ3) is 5.76. The first-order valence-corrected chi connectivity index (χ1v) is 11.2. The summed E-state index contributed by atoms with van der Waals surface area (Å²) in [5.74, 6) is 0. The zero-order chi connectivity index (χ0) is 21.1. The molecule has 0 aromatic heterocycles. The van der Waals surface area contributed by atoms with Gasteiger partial charge >= 0.3 is 26.5 Å². The van der Waals surface area contributed by atoms with Gasteiger partial charge in [0.25, 0.3) is 0 Å². The molecule has 0 unspecified atom stereocenters. The Hall–Kier alpha value is 0.0200. The molecular formula is C14H28F4O6P2. The second-order valence-electron chi connectivity index (χ2n) is 6.69. The van der Waals surface area contributed by atoms with Gasteiger partial charge in [-0.1, -0.05) is 0 Å². The van der Waals surface area contributed by atoms with Gasteiger partial charge in [-0.15, -0.1) is 0 Å². The summed E-state index contributed by atoms with van der Waals surface area (Å²) in [4.78, 5) is 0. The Morgan fingerprint density at radius 2 is 0.692 bits per heavy atom. The van der Waals surface area contributed by atoms with Crippen molar-refractivity contribution in [2.24, 2.45) is 0 Å². The minimum atomic E-state index is -5.75. The molecule has 12 heteroatoms. The maximum atomic E-state index is 14.8. The molecule has 0 amide bonds. The van der Waals surface area contributed by atoms with E-state index in [1.807, 2.05) is 0 Å². The van der Waals surface area contributed by atoms with Gasteiger partial charge in [0.15, 0.2) is 0 Å². The molecule has 0 aromatic rings. The van der Waals surface area contributed by atoms with E-state index in [4.69, 9.17) is 0 Å². The number of alkyl halides is 4. The van der Waals surface area contributed by atoms with Gasteiger partial charge in [-0.2, -0.15) is 17.6 Å². The lowest BCUT2D eigenvalue weighted by Gasteiger charge is -2.37. The van der Waals surface area contributed by atoms with Crippen molar-refractivity contribution in [3.05, 3.63) is 0 Å². The Bertz CT molecular complexity index is 476. The normalized spacial score (nSPS) is 14.9. The summed E-state index contributed by atoms with van der Waals surface area (Å²) in [6.45, 7) is 9.77. The van der Waals surface area contributed by atoms with E-state index in [1.165, 1.54) is 55.4 Å². The highest BCUT2D eigenvalue weighted by Gasteiger charge is 2.80. The first kappa shape index (κ1) is 26.0. The second kappa shape index (κ2) is 9.01. The number of hydrogen-bond donors (Lipinski definition) is 0. The molecule has 0 saturated heterocycles. The molecule has 0 atom stereocenters. The number of rotatable bonds is 11. The van der Waals surface area contributed by atoms with Crippen LogP contribution >= 0.6 is 15.2 Å². The van der Waals surface area contributed by atoms with Crippen molar-refractivity contribution in [1.82, 2.24) is 0 Å². The SMILES string of the molecule is CC(C)OP(=O)(OC(C)C)C(F)(F)C(F)(F)P(=O)(OC(C)C)OC(C)C. The van der Waals surface area contributed by atoms with Gasteiger partial charge in [0.2, 0.25) is 0 Å². The Morgan fingerprint density at radius 3 is 0.808 bits per heavy atom. The predicted octanol–water partition coefficient (Wildman–Crippen LogP) is 6.26. The van der Waals surface area contributed by atoms with Gasteiger partial charge < -0.3 is 18.1 Å². The minimum absolute atomic E-state index is 1.13. The highest BCUT2D eigenvalue weighted by Crippen LogP contribution is 2.78. The fraction of sp³-hybridized carbons (Fsp3) is 1.00. The van der Waals surface area contributed by atoms with Crippen molar-refractivity contribution in [2.45, 2.75) is 91.1 Å². The van der Waals surface area contributed by atoms with Crippen LogP contribution in [0.25, 0.3) is 0 Å². The van der Waals surface area contributed by atoms with Crippen LogP contribution in [-0.2, 0) is 27.2 Å². The zero-order valence-corrected chi connectivity index (χ0v) is 18.0. The quantitative estimate of drug-likeness (QED) is 0.285. The number of halogens is 4.